The lowest BCUT2D eigenvalue weighted by atomic mass is 10.2. The minimum absolute atomic E-state index is 0.888. The Hall–Kier alpha value is -0.0800. The first-order chi connectivity index (χ1) is 5.88. The average molecular weight is 170 g/mol. The van der Waals surface area contributed by atoms with Gasteiger partial charge in [0.1, 0.15) is 0 Å². The van der Waals surface area contributed by atoms with Crippen LogP contribution in [0.4, 0.5) is 0 Å². The topological polar surface area (TPSA) is 15.3 Å². The molecule has 2 heteroatoms. The van der Waals surface area contributed by atoms with Gasteiger partial charge >= 0.3 is 0 Å². The monoisotopic (exact) mass is 170 g/mol. The molecular weight excluding hydrogens is 148 g/mol. The van der Waals surface area contributed by atoms with Gasteiger partial charge in [-0.2, -0.15) is 0 Å². The molecular formula is C10H22N2. The molecule has 2 fully saturated rings. The van der Waals surface area contributed by atoms with E-state index in [2.05, 4.69) is 24.1 Å². The van der Waals surface area contributed by atoms with Crippen molar-refractivity contribution >= 4 is 0 Å². The van der Waals surface area contributed by atoms with Crippen LogP contribution in [0, 0.1) is 0 Å². The van der Waals surface area contributed by atoms with Crippen LogP contribution >= 0.6 is 0 Å². The minimum Gasteiger partial charge on any atom is -0.314 e. The van der Waals surface area contributed by atoms with Gasteiger partial charge in [0.05, 0.1) is 0 Å². The van der Waals surface area contributed by atoms with Gasteiger partial charge in [0.15, 0.2) is 0 Å². The zero-order chi connectivity index (χ0) is 8.81. The zero-order valence-corrected chi connectivity index (χ0v) is 8.47. The number of piperazine rings is 1. The molecule has 0 aromatic carbocycles. The number of hydrogen-bond acceptors (Lipinski definition) is 2. The molecule has 0 aromatic rings. The summed E-state index contributed by atoms with van der Waals surface area (Å²) in [6.45, 7) is 9.33. The number of nitrogens with one attached hydrogen (secondary N) is 1. The Morgan fingerprint density at radius 3 is 2.75 bits per heavy atom. The van der Waals surface area contributed by atoms with Crippen LogP contribution in [0.25, 0.3) is 0 Å². The molecule has 0 aliphatic carbocycles. The van der Waals surface area contributed by atoms with Gasteiger partial charge in [-0.3, -0.25) is 4.90 Å². The first-order valence-electron chi connectivity index (χ1n) is 5.33. The van der Waals surface area contributed by atoms with E-state index >= 15 is 0 Å². The average Bonchev–Trinajstić information content (AvgIpc) is 2.52. The molecule has 1 N–H and O–H groups in total. The molecule has 2 saturated heterocycles. The Morgan fingerprint density at radius 2 is 2.08 bits per heavy atom. The zero-order valence-electron chi connectivity index (χ0n) is 8.47. The number of rotatable bonds is 0. The van der Waals surface area contributed by atoms with Crippen LogP contribution < -0.4 is 5.32 Å². The van der Waals surface area contributed by atoms with E-state index < -0.39 is 0 Å². The molecule has 0 spiro atoms. The van der Waals surface area contributed by atoms with E-state index in [1.165, 1.54) is 45.4 Å². The van der Waals surface area contributed by atoms with Crippen molar-refractivity contribution in [2.24, 2.45) is 0 Å². The standard InChI is InChI=1S/C7H14N2.C3H8/c1-2-7-6-8-3-5-9(7)4-1;1-3-2/h7-8H,1-6H2;3H2,1-2H3. The van der Waals surface area contributed by atoms with Gasteiger partial charge in [-0.25, -0.2) is 0 Å². The summed E-state index contributed by atoms with van der Waals surface area (Å²) in [5.41, 5.74) is 0. The molecule has 0 bridgehead atoms. The van der Waals surface area contributed by atoms with Crippen molar-refractivity contribution < 1.29 is 0 Å². The van der Waals surface area contributed by atoms with Gasteiger partial charge < -0.3 is 5.32 Å². The lowest BCUT2D eigenvalue weighted by Crippen LogP contribution is -2.47. The molecule has 2 heterocycles. The summed E-state index contributed by atoms with van der Waals surface area (Å²) in [6.07, 6.45) is 4.10. The normalized spacial score (nSPS) is 29.0. The highest BCUT2D eigenvalue weighted by Gasteiger charge is 2.25. The van der Waals surface area contributed by atoms with Crippen molar-refractivity contribution in [3.05, 3.63) is 0 Å². The van der Waals surface area contributed by atoms with Crippen LogP contribution in [-0.4, -0.2) is 37.1 Å². The fraction of sp³-hybridized carbons (Fsp3) is 1.00. The van der Waals surface area contributed by atoms with Crippen molar-refractivity contribution in [3.63, 3.8) is 0 Å². The van der Waals surface area contributed by atoms with E-state index in [0.717, 1.165) is 6.04 Å². The quantitative estimate of drug-likeness (QED) is 0.592. The predicted molar refractivity (Wildman–Crippen MR) is 53.4 cm³/mol. The Labute approximate surface area is 76.3 Å². The van der Waals surface area contributed by atoms with Crippen molar-refractivity contribution in [1.82, 2.24) is 10.2 Å². The van der Waals surface area contributed by atoms with Crippen molar-refractivity contribution in [3.8, 4) is 0 Å². The van der Waals surface area contributed by atoms with Crippen LogP contribution in [-0.2, 0) is 0 Å². The maximum absolute atomic E-state index is 3.41. The third-order valence-corrected chi connectivity index (χ3v) is 2.45. The van der Waals surface area contributed by atoms with Crippen LogP contribution in [0.1, 0.15) is 33.1 Å². The molecule has 1 unspecified atom stereocenters. The highest BCUT2D eigenvalue weighted by atomic mass is 15.2. The number of fused-ring (bicyclic) bond motifs is 1. The summed E-state index contributed by atoms with van der Waals surface area (Å²) in [5.74, 6) is 0. The summed E-state index contributed by atoms with van der Waals surface area (Å²) < 4.78 is 0. The molecule has 0 radical (unpaired) electrons. The van der Waals surface area contributed by atoms with Gasteiger partial charge in [0.25, 0.3) is 0 Å². The van der Waals surface area contributed by atoms with Crippen molar-refractivity contribution in [1.29, 1.82) is 0 Å². The molecule has 2 aliphatic heterocycles. The van der Waals surface area contributed by atoms with Crippen LogP contribution in [0.15, 0.2) is 0 Å². The molecule has 2 rings (SSSR count). The lowest BCUT2D eigenvalue weighted by molar-refractivity contribution is 0.212. The Morgan fingerprint density at radius 1 is 1.33 bits per heavy atom. The Balaban J connectivity index is 0.000000213. The predicted octanol–water partition coefficient (Wildman–Crippen LogP) is 1.47. The summed E-state index contributed by atoms with van der Waals surface area (Å²) in [5, 5.41) is 3.41. The largest absolute Gasteiger partial charge is 0.314 e. The van der Waals surface area contributed by atoms with Crippen LogP contribution in [0.3, 0.4) is 0 Å². The van der Waals surface area contributed by atoms with Crippen molar-refractivity contribution in [2.75, 3.05) is 26.2 Å². The van der Waals surface area contributed by atoms with Gasteiger partial charge in [0, 0.05) is 25.7 Å². The highest BCUT2D eigenvalue weighted by Crippen LogP contribution is 2.17. The third-order valence-electron chi connectivity index (χ3n) is 2.45. The van der Waals surface area contributed by atoms with E-state index in [-0.39, 0.29) is 0 Å². The van der Waals surface area contributed by atoms with E-state index in [1.54, 1.807) is 0 Å². The molecule has 1 atom stereocenters. The first kappa shape index (κ1) is 10.0. The summed E-state index contributed by atoms with van der Waals surface area (Å²) >= 11 is 0. The maximum Gasteiger partial charge on any atom is 0.0221 e. The summed E-state index contributed by atoms with van der Waals surface area (Å²) in [6, 6.07) is 0.888. The van der Waals surface area contributed by atoms with E-state index in [1.807, 2.05) is 0 Å². The third kappa shape index (κ3) is 2.76. The van der Waals surface area contributed by atoms with Gasteiger partial charge in [-0.05, 0) is 19.4 Å². The van der Waals surface area contributed by atoms with E-state index in [9.17, 15) is 0 Å². The second-order valence-corrected chi connectivity index (χ2v) is 3.74. The SMILES string of the molecule is C1CC2CNCCN2C1.CCC. The van der Waals surface area contributed by atoms with E-state index in [4.69, 9.17) is 0 Å². The molecule has 0 saturated carbocycles. The van der Waals surface area contributed by atoms with E-state index in [0.29, 0.717) is 0 Å². The Kier molecular flexibility index (Phi) is 4.62. The lowest BCUT2D eigenvalue weighted by Gasteiger charge is -2.29. The van der Waals surface area contributed by atoms with Gasteiger partial charge in [-0.15, -0.1) is 0 Å². The molecule has 0 aromatic heterocycles. The highest BCUT2D eigenvalue weighted by molar-refractivity contribution is 4.84. The number of hydrogen-bond donors (Lipinski definition) is 1. The fourth-order valence-electron chi connectivity index (χ4n) is 1.91. The van der Waals surface area contributed by atoms with Crippen molar-refractivity contribution in [2.45, 2.75) is 39.2 Å². The molecule has 72 valence electrons. The summed E-state index contributed by atoms with van der Waals surface area (Å²) in [7, 11) is 0. The maximum atomic E-state index is 3.41. The van der Waals surface area contributed by atoms with Gasteiger partial charge in [0.2, 0.25) is 0 Å². The molecule has 0 amide bonds. The van der Waals surface area contributed by atoms with Gasteiger partial charge in [-0.1, -0.05) is 20.3 Å². The van der Waals surface area contributed by atoms with Crippen LogP contribution in [0.5, 0.6) is 0 Å². The second kappa shape index (κ2) is 5.55. The van der Waals surface area contributed by atoms with Crippen LogP contribution in [0.2, 0.25) is 0 Å². The molecule has 2 nitrogen and oxygen atoms in total. The second-order valence-electron chi connectivity index (χ2n) is 3.74. The summed E-state index contributed by atoms with van der Waals surface area (Å²) in [4.78, 5) is 2.61. The molecule has 12 heavy (non-hydrogen) atoms. The minimum atomic E-state index is 0.888. The smallest absolute Gasteiger partial charge is 0.0221 e. The Bertz CT molecular complexity index is 102. The molecule has 2 aliphatic rings. The number of nitrogens with zero attached hydrogens (tertiary/aromatic N) is 1. The first-order valence-corrected chi connectivity index (χ1v) is 5.33. The fourth-order valence-corrected chi connectivity index (χ4v) is 1.91.